The largest absolute Gasteiger partial charge is 0.484 e. The van der Waals surface area contributed by atoms with Gasteiger partial charge in [-0.1, -0.05) is 32.9 Å². The molecule has 0 atom stereocenters. The fourth-order valence-corrected chi connectivity index (χ4v) is 1.92. The number of hydrazone groups is 1. The van der Waals surface area contributed by atoms with Crippen molar-refractivity contribution in [2.24, 2.45) is 12.1 Å². The summed E-state index contributed by atoms with van der Waals surface area (Å²) in [4.78, 5) is 11.7. The van der Waals surface area contributed by atoms with Crippen LogP contribution in [0.3, 0.4) is 0 Å². The predicted molar refractivity (Wildman–Crippen MR) is 89.6 cm³/mol. The molecule has 1 amide bonds. The van der Waals surface area contributed by atoms with Crippen LogP contribution in [0.1, 0.15) is 31.9 Å². The van der Waals surface area contributed by atoms with Gasteiger partial charge in [-0.15, -0.1) is 0 Å². The molecule has 6 heteroatoms. The van der Waals surface area contributed by atoms with E-state index in [-0.39, 0.29) is 17.9 Å². The van der Waals surface area contributed by atoms with Crippen LogP contribution in [0.2, 0.25) is 0 Å². The third kappa shape index (κ3) is 5.25. The molecular weight excluding hydrogens is 292 g/mol. The topological polar surface area (TPSA) is 68.5 Å². The average molecular weight is 314 g/mol. The summed E-state index contributed by atoms with van der Waals surface area (Å²) in [5.41, 5.74) is 4.54. The van der Waals surface area contributed by atoms with Crippen molar-refractivity contribution in [2.45, 2.75) is 26.2 Å². The first-order chi connectivity index (χ1) is 10.8. The van der Waals surface area contributed by atoms with Crippen LogP contribution in [-0.4, -0.2) is 28.5 Å². The van der Waals surface area contributed by atoms with Gasteiger partial charge in [0.25, 0.3) is 5.91 Å². The maximum atomic E-state index is 11.7. The summed E-state index contributed by atoms with van der Waals surface area (Å²) in [5, 5.41) is 7.86. The highest BCUT2D eigenvalue weighted by molar-refractivity contribution is 5.82. The number of hydrogen-bond donors (Lipinski definition) is 1. The Balaban J connectivity index is 1.79. The van der Waals surface area contributed by atoms with Crippen LogP contribution in [0.25, 0.3) is 0 Å². The molecule has 122 valence electrons. The summed E-state index contributed by atoms with van der Waals surface area (Å²) >= 11 is 0. The van der Waals surface area contributed by atoms with E-state index in [2.05, 4.69) is 36.4 Å². The van der Waals surface area contributed by atoms with E-state index >= 15 is 0 Å². The smallest absolute Gasteiger partial charge is 0.277 e. The molecule has 0 unspecified atom stereocenters. The minimum atomic E-state index is -0.315. The maximum Gasteiger partial charge on any atom is 0.277 e. The summed E-state index contributed by atoms with van der Waals surface area (Å²) in [6, 6.07) is 7.75. The number of carbonyl (C=O) groups is 1. The highest BCUT2D eigenvalue weighted by Gasteiger charge is 2.13. The van der Waals surface area contributed by atoms with Gasteiger partial charge in [0, 0.05) is 18.8 Å². The second-order valence-corrected chi connectivity index (χ2v) is 6.30. The Labute approximate surface area is 136 Å². The number of ether oxygens (including phenoxy) is 1. The molecule has 1 N–H and O–H groups in total. The average Bonchev–Trinajstić information content (AvgIpc) is 2.90. The van der Waals surface area contributed by atoms with E-state index in [4.69, 9.17) is 4.74 Å². The normalized spacial score (nSPS) is 11.7. The number of nitrogens with one attached hydrogen (secondary N) is 1. The lowest BCUT2D eigenvalue weighted by Gasteiger charge is -2.19. The molecule has 2 rings (SSSR count). The van der Waals surface area contributed by atoms with Crippen LogP contribution in [-0.2, 0) is 17.3 Å². The summed E-state index contributed by atoms with van der Waals surface area (Å²) in [6.45, 7) is 6.36. The number of aromatic nitrogens is 2. The van der Waals surface area contributed by atoms with Crippen molar-refractivity contribution in [1.29, 1.82) is 0 Å². The minimum Gasteiger partial charge on any atom is -0.484 e. The number of amides is 1. The van der Waals surface area contributed by atoms with Gasteiger partial charge in [-0.2, -0.15) is 10.2 Å². The van der Waals surface area contributed by atoms with E-state index < -0.39 is 0 Å². The van der Waals surface area contributed by atoms with Crippen molar-refractivity contribution in [2.75, 3.05) is 6.61 Å². The van der Waals surface area contributed by atoms with Crippen molar-refractivity contribution >= 4 is 12.1 Å². The molecule has 2 aromatic rings. The zero-order valence-electron chi connectivity index (χ0n) is 13.9. The van der Waals surface area contributed by atoms with Crippen LogP contribution in [0.4, 0.5) is 0 Å². The second-order valence-electron chi connectivity index (χ2n) is 6.30. The molecule has 0 aliphatic heterocycles. The first-order valence-electron chi connectivity index (χ1n) is 7.38. The molecule has 1 aromatic heterocycles. The third-order valence-electron chi connectivity index (χ3n) is 3.22. The standard InChI is InChI=1S/C17H22N4O2/c1-17(2,3)14-5-7-15(8-6-14)23-12-16(22)20-18-9-13-10-19-21(4)11-13/h5-11H,12H2,1-4H3,(H,20,22)/b18-9+. The van der Waals surface area contributed by atoms with Gasteiger partial charge in [0.2, 0.25) is 0 Å². The Morgan fingerprint density at radius 1 is 1.35 bits per heavy atom. The van der Waals surface area contributed by atoms with E-state index in [1.807, 2.05) is 31.3 Å². The first kappa shape index (κ1) is 16.7. The molecule has 0 fully saturated rings. The van der Waals surface area contributed by atoms with E-state index in [0.717, 1.165) is 5.56 Å². The van der Waals surface area contributed by atoms with E-state index in [9.17, 15) is 4.79 Å². The van der Waals surface area contributed by atoms with E-state index in [1.54, 1.807) is 17.1 Å². The van der Waals surface area contributed by atoms with Gasteiger partial charge in [-0.3, -0.25) is 9.48 Å². The summed E-state index contributed by atoms with van der Waals surface area (Å²) < 4.78 is 7.10. The van der Waals surface area contributed by atoms with E-state index in [0.29, 0.717) is 5.75 Å². The van der Waals surface area contributed by atoms with Gasteiger partial charge in [0.05, 0.1) is 12.4 Å². The Morgan fingerprint density at radius 2 is 2.04 bits per heavy atom. The summed E-state index contributed by atoms with van der Waals surface area (Å²) in [5.74, 6) is 0.342. The fraction of sp³-hybridized carbons (Fsp3) is 0.353. The molecule has 0 saturated heterocycles. The van der Waals surface area contributed by atoms with Crippen molar-refractivity contribution in [3.63, 3.8) is 0 Å². The molecule has 0 radical (unpaired) electrons. The SMILES string of the molecule is Cn1cc(/C=N/NC(=O)COc2ccc(C(C)(C)C)cc2)cn1. The summed E-state index contributed by atoms with van der Waals surface area (Å²) in [7, 11) is 1.81. The number of benzene rings is 1. The van der Waals surface area contributed by atoms with Crippen LogP contribution in [0, 0.1) is 0 Å². The highest BCUT2D eigenvalue weighted by atomic mass is 16.5. The van der Waals surface area contributed by atoms with Gasteiger partial charge in [-0.25, -0.2) is 5.43 Å². The monoisotopic (exact) mass is 314 g/mol. The molecule has 0 saturated carbocycles. The minimum absolute atomic E-state index is 0.0841. The van der Waals surface area contributed by atoms with Gasteiger partial charge in [0.15, 0.2) is 6.61 Å². The molecule has 23 heavy (non-hydrogen) atoms. The van der Waals surface area contributed by atoms with Gasteiger partial charge < -0.3 is 4.74 Å². The Morgan fingerprint density at radius 3 is 2.61 bits per heavy atom. The van der Waals surface area contributed by atoms with Crippen LogP contribution < -0.4 is 10.2 Å². The van der Waals surface area contributed by atoms with Crippen LogP contribution >= 0.6 is 0 Å². The van der Waals surface area contributed by atoms with Crippen molar-refractivity contribution in [1.82, 2.24) is 15.2 Å². The molecule has 0 bridgehead atoms. The quantitative estimate of drug-likeness (QED) is 0.680. The molecule has 0 spiro atoms. The fourth-order valence-electron chi connectivity index (χ4n) is 1.92. The molecule has 0 aliphatic rings. The zero-order chi connectivity index (χ0) is 16.9. The van der Waals surface area contributed by atoms with Crippen molar-refractivity contribution in [3.8, 4) is 5.75 Å². The maximum absolute atomic E-state index is 11.7. The molecule has 6 nitrogen and oxygen atoms in total. The first-order valence-corrected chi connectivity index (χ1v) is 7.38. The predicted octanol–water partition coefficient (Wildman–Crippen LogP) is 2.25. The second kappa shape index (κ2) is 7.09. The molecular formula is C17H22N4O2. The van der Waals surface area contributed by atoms with Crippen molar-refractivity contribution in [3.05, 3.63) is 47.8 Å². The van der Waals surface area contributed by atoms with Crippen LogP contribution in [0.5, 0.6) is 5.75 Å². The number of carbonyl (C=O) groups excluding carboxylic acids is 1. The number of nitrogens with zero attached hydrogens (tertiary/aromatic N) is 3. The Hall–Kier alpha value is -2.63. The molecule has 1 aromatic carbocycles. The molecule has 0 aliphatic carbocycles. The van der Waals surface area contributed by atoms with Crippen LogP contribution in [0.15, 0.2) is 41.8 Å². The van der Waals surface area contributed by atoms with Gasteiger partial charge >= 0.3 is 0 Å². The summed E-state index contributed by atoms with van der Waals surface area (Å²) in [6.07, 6.45) is 4.98. The van der Waals surface area contributed by atoms with E-state index in [1.165, 1.54) is 11.8 Å². The molecule has 1 heterocycles. The van der Waals surface area contributed by atoms with Crippen molar-refractivity contribution < 1.29 is 9.53 Å². The zero-order valence-corrected chi connectivity index (χ0v) is 13.9. The number of hydrogen-bond acceptors (Lipinski definition) is 4. The number of aryl methyl sites for hydroxylation is 1. The third-order valence-corrected chi connectivity index (χ3v) is 3.22. The highest BCUT2D eigenvalue weighted by Crippen LogP contribution is 2.24. The lowest BCUT2D eigenvalue weighted by molar-refractivity contribution is -0.123. The lowest BCUT2D eigenvalue weighted by Crippen LogP contribution is -2.24. The Kier molecular flexibility index (Phi) is 5.16. The lowest BCUT2D eigenvalue weighted by atomic mass is 9.87. The van der Waals surface area contributed by atoms with Gasteiger partial charge in [0.1, 0.15) is 5.75 Å². The number of rotatable bonds is 5. The van der Waals surface area contributed by atoms with Gasteiger partial charge in [-0.05, 0) is 23.1 Å². The Bertz CT molecular complexity index is 681.